The normalized spacial score (nSPS) is 20.8. The van der Waals surface area contributed by atoms with E-state index >= 15 is 0 Å². The lowest BCUT2D eigenvalue weighted by Crippen LogP contribution is -2.35. The summed E-state index contributed by atoms with van der Waals surface area (Å²) in [6, 6.07) is 9.55. The SMILES string of the molecule is COC(=O)C1=C(C)NC2=C(C(=O)CC(c3cc(OC)ccc3OC)C2)C1c1cccs1. The van der Waals surface area contributed by atoms with Crippen LogP contribution in [-0.4, -0.2) is 33.1 Å². The molecule has 0 spiro atoms. The van der Waals surface area contributed by atoms with Gasteiger partial charge in [-0.25, -0.2) is 4.79 Å². The molecule has 2 atom stereocenters. The Hall–Kier alpha value is -3.06. The van der Waals surface area contributed by atoms with Crippen molar-refractivity contribution in [2.24, 2.45) is 0 Å². The molecular weight excluding hydrogens is 414 g/mol. The van der Waals surface area contributed by atoms with E-state index in [9.17, 15) is 9.59 Å². The van der Waals surface area contributed by atoms with E-state index in [2.05, 4.69) is 5.32 Å². The van der Waals surface area contributed by atoms with Crippen molar-refractivity contribution in [3.05, 3.63) is 68.7 Å². The van der Waals surface area contributed by atoms with E-state index in [0.29, 0.717) is 24.0 Å². The number of esters is 1. The van der Waals surface area contributed by atoms with Gasteiger partial charge in [0.25, 0.3) is 0 Å². The van der Waals surface area contributed by atoms with Crippen LogP contribution < -0.4 is 14.8 Å². The fourth-order valence-electron chi connectivity index (χ4n) is 4.54. The van der Waals surface area contributed by atoms with Crippen molar-refractivity contribution < 1.29 is 23.8 Å². The second-order valence-electron chi connectivity index (χ2n) is 7.63. The summed E-state index contributed by atoms with van der Waals surface area (Å²) >= 11 is 1.54. The maximum Gasteiger partial charge on any atom is 0.336 e. The smallest absolute Gasteiger partial charge is 0.336 e. The van der Waals surface area contributed by atoms with Gasteiger partial charge in [-0.3, -0.25) is 4.79 Å². The summed E-state index contributed by atoms with van der Waals surface area (Å²) < 4.78 is 16.0. The fourth-order valence-corrected chi connectivity index (χ4v) is 5.38. The molecule has 0 amide bonds. The standard InChI is InChI=1S/C24H25NO5S/c1-13-21(24(27)30-4)23(20-6-5-9-31-20)22-17(25-13)10-14(11-18(22)26)16-12-15(28-2)7-8-19(16)29-3/h5-9,12,14,23,25H,10-11H2,1-4H3. The van der Waals surface area contributed by atoms with Crippen LogP contribution in [0.1, 0.15) is 42.0 Å². The van der Waals surface area contributed by atoms with Crippen LogP contribution in [0.15, 0.2) is 58.3 Å². The van der Waals surface area contributed by atoms with E-state index < -0.39 is 11.9 Å². The molecule has 6 nitrogen and oxygen atoms in total. The Kier molecular flexibility index (Phi) is 5.87. The van der Waals surface area contributed by atoms with Crippen LogP contribution in [-0.2, 0) is 14.3 Å². The predicted octanol–water partition coefficient (Wildman–Crippen LogP) is 4.30. The summed E-state index contributed by atoms with van der Waals surface area (Å²) in [5.41, 5.74) is 3.67. The van der Waals surface area contributed by atoms with Gasteiger partial charge in [-0.15, -0.1) is 11.3 Å². The number of ether oxygens (including phenoxy) is 3. The van der Waals surface area contributed by atoms with Gasteiger partial charge in [0, 0.05) is 39.7 Å². The monoisotopic (exact) mass is 439 g/mol. The van der Waals surface area contributed by atoms with Crippen LogP contribution in [0, 0.1) is 0 Å². The number of nitrogens with one attached hydrogen (secondary N) is 1. The minimum atomic E-state index is -0.417. The second-order valence-corrected chi connectivity index (χ2v) is 8.61. The first-order valence-corrected chi connectivity index (χ1v) is 10.9. The molecule has 31 heavy (non-hydrogen) atoms. The largest absolute Gasteiger partial charge is 0.497 e. The summed E-state index contributed by atoms with van der Waals surface area (Å²) in [5.74, 6) is 0.593. The van der Waals surface area contributed by atoms with Gasteiger partial charge >= 0.3 is 5.97 Å². The van der Waals surface area contributed by atoms with Gasteiger partial charge in [0.05, 0.1) is 32.8 Å². The highest BCUT2D eigenvalue weighted by Gasteiger charge is 2.42. The number of thiophene rings is 1. The highest BCUT2D eigenvalue weighted by molar-refractivity contribution is 7.10. The van der Waals surface area contributed by atoms with E-state index in [1.54, 1.807) is 14.2 Å². The minimum absolute atomic E-state index is 0.0240. The summed E-state index contributed by atoms with van der Waals surface area (Å²) in [6.45, 7) is 1.86. The lowest BCUT2D eigenvalue weighted by atomic mass is 9.73. The molecule has 2 aliphatic rings. The number of methoxy groups -OCH3 is 3. The van der Waals surface area contributed by atoms with E-state index in [-0.39, 0.29) is 11.7 Å². The Morgan fingerprint density at radius 2 is 1.94 bits per heavy atom. The Labute approximate surface area is 185 Å². The van der Waals surface area contributed by atoms with Crippen LogP contribution in [0.25, 0.3) is 0 Å². The lowest BCUT2D eigenvalue weighted by molar-refractivity contribution is -0.136. The molecule has 0 saturated heterocycles. The van der Waals surface area contributed by atoms with Gasteiger partial charge in [-0.05, 0) is 43.0 Å². The second kappa shape index (κ2) is 8.59. The highest BCUT2D eigenvalue weighted by atomic mass is 32.1. The number of hydrogen-bond acceptors (Lipinski definition) is 7. The van der Waals surface area contributed by atoms with Crippen LogP contribution in [0.2, 0.25) is 0 Å². The first kappa shape index (κ1) is 21.2. The van der Waals surface area contributed by atoms with Crippen LogP contribution in [0.4, 0.5) is 0 Å². The van der Waals surface area contributed by atoms with E-state index in [1.807, 2.05) is 42.6 Å². The van der Waals surface area contributed by atoms with Crippen molar-refractivity contribution in [2.75, 3.05) is 21.3 Å². The first-order valence-electron chi connectivity index (χ1n) is 10.1. The molecule has 1 N–H and O–H groups in total. The molecular formula is C24H25NO5S. The number of allylic oxidation sites excluding steroid dienone is 3. The molecule has 0 radical (unpaired) electrons. The van der Waals surface area contributed by atoms with Crippen molar-refractivity contribution in [2.45, 2.75) is 31.6 Å². The van der Waals surface area contributed by atoms with E-state index in [0.717, 1.165) is 33.3 Å². The quantitative estimate of drug-likeness (QED) is 0.701. The third-order valence-electron chi connectivity index (χ3n) is 5.94. The van der Waals surface area contributed by atoms with E-state index in [1.165, 1.54) is 18.4 Å². The van der Waals surface area contributed by atoms with Gasteiger partial charge in [0.1, 0.15) is 11.5 Å². The number of carbonyl (C=O) groups excluding carboxylic acids is 2. The average molecular weight is 440 g/mol. The molecule has 1 aliphatic heterocycles. The number of rotatable bonds is 5. The molecule has 1 aromatic carbocycles. The zero-order chi connectivity index (χ0) is 22.1. The van der Waals surface area contributed by atoms with Crippen molar-refractivity contribution >= 4 is 23.1 Å². The van der Waals surface area contributed by atoms with Crippen molar-refractivity contribution in [1.29, 1.82) is 0 Å². The Balaban J connectivity index is 1.79. The summed E-state index contributed by atoms with van der Waals surface area (Å²) in [4.78, 5) is 27.1. The van der Waals surface area contributed by atoms with Crippen molar-refractivity contribution in [3.63, 3.8) is 0 Å². The zero-order valence-corrected chi connectivity index (χ0v) is 18.8. The fraction of sp³-hybridized carbons (Fsp3) is 0.333. The van der Waals surface area contributed by atoms with Gasteiger partial charge in [0.2, 0.25) is 0 Å². The summed E-state index contributed by atoms with van der Waals surface area (Å²) in [7, 11) is 4.61. The van der Waals surface area contributed by atoms with Crippen LogP contribution in [0.5, 0.6) is 11.5 Å². The van der Waals surface area contributed by atoms with Crippen LogP contribution in [0.3, 0.4) is 0 Å². The van der Waals surface area contributed by atoms with E-state index in [4.69, 9.17) is 14.2 Å². The molecule has 2 unspecified atom stereocenters. The van der Waals surface area contributed by atoms with Crippen molar-refractivity contribution in [3.8, 4) is 11.5 Å². The van der Waals surface area contributed by atoms with Gasteiger partial charge in [0.15, 0.2) is 5.78 Å². The topological polar surface area (TPSA) is 73.9 Å². The summed E-state index contributed by atoms with van der Waals surface area (Å²) in [6.07, 6.45) is 0.970. The Bertz CT molecular complexity index is 1080. The van der Waals surface area contributed by atoms with Gasteiger partial charge in [-0.2, -0.15) is 0 Å². The molecule has 2 aromatic rings. The van der Waals surface area contributed by atoms with Crippen molar-refractivity contribution in [1.82, 2.24) is 5.32 Å². The third-order valence-corrected chi connectivity index (χ3v) is 6.87. The number of benzene rings is 1. The molecule has 1 aliphatic carbocycles. The average Bonchev–Trinajstić information content (AvgIpc) is 3.31. The maximum atomic E-state index is 13.5. The molecule has 7 heteroatoms. The number of Topliss-reactive ketones (excluding diaryl/α,β-unsaturated/α-hetero) is 1. The predicted molar refractivity (Wildman–Crippen MR) is 118 cm³/mol. The molecule has 0 fully saturated rings. The number of dihydropyridines is 1. The third kappa shape index (κ3) is 3.74. The minimum Gasteiger partial charge on any atom is -0.497 e. The van der Waals surface area contributed by atoms with Gasteiger partial charge < -0.3 is 19.5 Å². The molecule has 0 saturated carbocycles. The number of ketones is 1. The number of carbonyl (C=O) groups is 2. The Morgan fingerprint density at radius 1 is 1.13 bits per heavy atom. The lowest BCUT2D eigenvalue weighted by Gasteiger charge is -2.36. The molecule has 162 valence electrons. The molecule has 4 rings (SSSR count). The highest BCUT2D eigenvalue weighted by Crippen LogP contribution is 2.48. The Morgan fingerprint density at radius 3 is 2.58 bits per heavy atom. The molecule has 2 heterocycles. The molecule has 0 bridgehead atoms. The molecule has 1 aromatic heterocycles. The zero-order valence-electron chi connectivity index (χ0n) is 18.0. The summed E-state index contributed by atoms with van der Waals surface area (Å²) in [5, 5.41) is 5.30. The number of hydrogen-bond donors (Lipinski definition) is 1. The van der Waals surface area contributed by atoms with Gasteiger partial charge in [-0.1, -0.05) is 6.07 Å². The van der Waals surface area contributed by atoms with Crippen LogP contribution >= 0.6 is 11.3 Å². The maximum absolute atomic E-state index is 13.5. The first-order chi connectivity index (χ1) is 15.0.